The van der Waals surface area contributed by atoms with E-state index in [-0.39, 0.29) is 12.2 Å². The average Bonchev–Trinajstić information content (AvgIpc) is 2.26. The minimum absolute atomic E-state index is 0.103. The van der Waals surface area contributed by atoms with Gasteiger partial charge in [-0.05, 0) is 6.07 Å². The maximum Gasteiger partial charge on any atom is 0.339 e. The van der Waals surface area contributed by atoms with Crippen molar-refractivity contribution in [3.8, 4) is 5.88 Å². The maximum atomic E-state index is 12.6. The van der Waals surface area contributed by atoms with Crippen molar-refractivity contribution in [2.24, 2.45) is 5.73 Å². The maximum absolute atomic E-state index is 12.6. The third-order valence-corrected chi connectivity index (χ3v) is 1.86. The van der Waals surface area contributed by atoms with Crippen molar-refractivity contribution in [2.75, 3.05) is 7.11 Å². The van der Waals surface area contributed by atoms with Gasteiger partial charge in [-0.2, -0.15) is 0 Å². The summed E-state index contributed by atoms with van der Waals surface area (Å²) in [7, 11) is 1.12. The van der Waals surface area contributed by atoms with Crippen molar-refractivity contribution < 1.29 is 18.4 Å². The molecule has 0 unspecified atom stereocenters. The molecule has 0 saturated heterocycles. The Morgan fingerprint density at radius 2 is 2.31 bits per heavy atom. The molecule has 1 aromatic heterocycles. The molecule has 88 valence electrons. The number of nitrogens with zero attached hydrogens (tertiary/aromatic N) is 2. The topological polar surface area (TPSA) is 91.3 Å². The molecule has 0 spiro atoms. The summed E-state index contributed by atoms with van der Waals surface area (Å²) in [5, 5.41) is 10.6. The highest BCUT2D eigenvalue weighted by Gasteiger charge is 2.28. The SMILES string of the molecule is COc1nc(CN)cc(C(F)F)c1[N+](=O)[O-]. The van der Waals surface area contributed by atoms with Gasteiger partial charge < -0.3 is 10.5 Å². The van der Waals surface area contributed by atoms with Gasteiger partial charge in [-0.1, -0.05) is 0 Å². The van der Waals surface area contributed by atoms with Crippen molar-refractivity contribution >= 4 is 5.69 Å². The smallest absolute Gasteiger partial charge is 0.339 e. The number of methoxy groups -OCH3 is 1. The highest BCUT2D eigenvalue weighted by molar-refractivity contribution is 5.50. The van der Waals surface area contributed by atoms with Gasteiger partial charge in [0.15, 0.2) is 0 Å². The van der Waals surface area contributed by atoms with Gasteiger partial charge in [0.2, 0.25) is 0 Å². The quantitative estimate of drug-likeness (QED) is 0.626. The predicted molar refractivity (Wildman–Crippen MR) is 50.3 cm³/mol. The number of hydrogen-bond donors (Lipinski definition) is 1. The summed E-state index contributed by atoms with van der Waals surface area (Å²) < 4.78 is 29.8. The van der Waals surface area contributed by atoms with Crippen molar-refractivity contribution in [2.45, 2.75) is 13.0 Å². The molecule has 1 heterocycles. The number of alkyl halides is 2. The fraction of sp³-hybridized carbons (Fsp3) is 0.375. The lowest BCUT2D eigenvalue weighted by atomic mass is 10.2. The van der Waals surface area contributed by atoms with E-state index in [1.54, 1.807) is 0 Å². The summed E-state index contributed by atoms with van der Waals surface area (Å²) in [6.07, 6.45) is -2.98. The van der Waals surface area contributed by atoms with Crippen LogP contribution in [0.5, 0.6) is 5.88 Å². The first kappa shape index (κ1) is 12.2. The summed E-state index contributed by atoms with van der Waals surface area (Å²) in [6, 6.07) is 0.908. The molecular formula is C8H9F2N3O3. The Hall–Kier alpha value is -1.83. The fourth-order valence-corrected chi connectivity index (χ4v) is 1.18. The van der Waals surface area contributed by atoms with E-state index in [2.05, 4.69) is 9.72 Å². The van der Waals surface area contributed by atoms with E-state index in [4.69, 9.17) is 5.73 Å². The molecule has 8 heteroatoms. The zero-order chi connectivity index (χ0) is 12.3. The highest BCUT2D eigenvalue weighted by atomic mass is 19.3. The minimum Gasteiger partial charge on any atom is -0.476 e. The Kier molecular flexibility index (Phi) is 3.67. The fourth-order valence-electron chi connectivity index (χ4n) is 1.18. The van der Waals surface area contributed by atoms with Crippen LogP contribution in [0.1, 0.15) is 17.7 Å². The van der Waals surface area contributed by atoms with Crippen LogP contribution in [-0.2, 0) is 6.54 Å². The van der Waals surface area contributed by atoms with Crippen molar-refractivity contribution in [1.29, 1.82) is 0 Å². The van der Waals surface area contributed by atoms with Crippen LogP contribution in [0, 0.1) is 10.1 Å². The Balaban J connectivity index is 3.47. The molecule has 0 amide bonds. The van der Waals surface area contributed by atoms with E-state index in [0.29, 0.717) is 0 Å². The summed E-state index contributed by atoms with van der Waals surface area (Å²) in [5.41, 5.74) is 3.78. The van der Waals surface area contributed by atoms with Gasteiger partial charge in [-0.25, -0.2) is 13.8 Å². The highest BCUT2D eigenvalue weighted by Crippen LogP contribution is 2.35. The Morgan fingerprint density at radius 1 is 1.69 bits per heavy atom. The second kappa shape index (κ2) is 4.79. The van der Waals surface area contributed by atoms with Crippen LogP contribution < -0.4 is 10.5 Å². The van der Waals surface area contributed by atoms with Crippen LogP contribution in [0.15, 0.2) is 6.07 Å². The third-order valence-electron chi connectivity index (χ3n) is 1.86. The van der Waals surface area contributed by atoms with Crippen LogP contribution in [0.2, 0.25) is 0 Å². The van der Waals surface area contributed by atoms with Gasteiger partial charge in [-0.3, -0.25) is 10.1 Å². The number of pyridine rings is 1. The molecule has 0 fully saturated rings. The molecule has 0 aliphatic carbocycles. The summed E-state index contributed by atoms with van der Waals surface area (Å²) in [6.45, 7) is -0.103. The van der Waals surface area contributed by atoms with Gasteiger partial charge >= 0.3 is 5.69 Å². The van der Waals surface area contributed by atoms with Gasteiger partial charge in [-0.15, -0.1) is 0 Å². The van der Waals surface area contributed by atoms with Gasteiger partial charge in [0, 0.05) is 6.54 Å². The molecule has 6 nitrogen and oxygen atoms in total. The van der Waals surface area contributed by atoms with Gasteiger partial charge in [0.1, 0.15) is 5.56 Å². The lowest BCUT2D eigenvalue weighted by molar-refractivity contribution is -0.387. The largest absolute Gasteiger partial charge is 0.476 e. The molecule has 0 bridgehead atoms. The minimum atomic E-state index is -2.98. The number of hydrogen-bond acceptors (Lipinski definition) is 5. The molecule has 0 radical (unpaired) electrons. The molecule has 0 aromatic carbocycles. The number of rotatable bonds is 4. The molecule has 0 atom stereocenters. The zero-order valence-electron chi connectivity index (χ0n) is 8.31. The van der Waals surface area contributed by atoms with Crippen LogP contribution in [0.25, 0.3) is 0 Å². The second-order valence-corrected chi connectivity index (χ2v) is 2.82. The van der Waals surface area contributed by atoms with E-state index in [1.165, 1.54) is 0 Å². The molecule has 0 aliphatic heterocycles. The average molecular weight is 233 g/mol. The van der Waals surface area contributed by atoms with Crippen LogP contribution in [0.3, 0.4) is 0 Å². The Labute approximate surface area is 89.2 Å². The van der Waals surface area contributed by atoms with E-state index in [0.717, 1.165) is 13.2 Å². The van der Waals surface area contributed by atoms with E-state index < -0.39 is 28.5 Å². The monoisotopic (exact) mass is 233 g/mol. The standard InChI is InChI=1S/C8H9F2N3O3/c1-16-8-6(13(14)15)5(7(9)10)2-4(3-11)12-8/h2,7H,3,11H2,1H3. The van der Waals surface area contributed by atoms with E-state index in [9.17, 15) is 18.9 Å². The Morgan fingerprint density at radius 3 is 2.69 bits per heavy atom. The number of aromatic nitrogens is 1. The Bertz CT molecular complexity index is 412. The first-order valence-corrected chi connectivity index (χ1v) is 4.21. The zero-order valence-corrected chi connectivity index (χ0v) is 8.31. The number of nitro groups is 1. The molecule has 1 aromatic rings. The van der Waals surface area contributed by atoms with Crippen LogP contribution >= 0.6 is 0 Å². The number of halogens is 2. The molecule has 2 N–H and O–H groups in total. The summed E-state index contributed by atoms with van der Waals surface area (Å²) in [4.78, 5) is 13.3. The molecule has 0 saturated carbocycles. The van der Waals surface area contributed by atoms with Crippen molar-refractivity contribution in [3.05, 3.63) is 27.4 Å². The number of nitrogens with two attached hydrogens (primary N) is 1. The first-order valence-electron chi connectivity index (χ1n) is 4.21. The lowest BCUT2D eigenvalue weighted by Gasteiger charge is -2.07. The third kappa shape index (κ3) is 2.22. The molecule has 16 heavy (non-hydrogen) atoms. The lowest BCUT2D eigenvalue weighted by Crippen LogP contribution is -2.07. The first-order chi connectivity index (χ1) is 7.51. The van der Waals surface area contributed by atoms with E-state index >= 15 is 0 Å². The van der Waals surface area contributed by atoms with Crippen LogP contribution in [0.4, 0.5) is 14.5 Å². The van der Waals surface area contributed by atoms with Crippen molar-refractivity contribution in [3.63, 3.8) is 0 Å². The molecule has 0 aliphatic rings. The molecular weight excluding hydrogens is 224 g/mol. The normalized spacial score (nSPS) is 10.6. The second-order valence-electron chi connectivity index (χ2n) is 2.82. The van der Waals surface area contributed by atoms with Crippen LogP contribution in [-0.4, -0.2) is 17.0 Å². The van der Waals surface area contributed by atoms with Gasteiger partial charge in [0.05, 0.1) is 17.7 Å². The van der Waals surface area contributed by atoms with Gasteiger partial charge in [0.25, 0.3) is 12.3 Å². The predicted octanol–water partition coefficient (Wildman–Crippen LogP) is 1.39. The summed E-state index contributed by atoms with van der Waals surface area (Å²) >= 11 is 0. The summed E-state index contributed by atoms with van der Waals surface area (Å²) in [5.74, 6) is -0.455. The number of ether oxygens (including phenoxy) is 1. The molecule has 1 rings (SSSR count). The van der Waals surface area contributed by atoms with Crippen molar-refractivity contribution in [1.82, 2.24) is 4.98 Å². The van der Waals surface area contributed by atoms with E-state index in [1.807, 2.05) is 0 Å².